The highest BCUT2D eigenvalue weighted by atomic mass is 16.2. The van der Waals surface area contributed by atoms with Crippen LogP contribution in [0, 0.1) is 0 Å². The first-order valence-electron chi connectivity index (χ1n) is 7.18. The number of carbonyl (C=O) groups is 1. The molecule has 3 rings (SSSR count). The number of nitrogens with zero attached hydrogens (tertiary/aromatic N) is 2. The number of amides is 1. The van der Waals surface area contributed by atoms with Gasteiger partial charge >= 0.3 is 0 Å². The maximum atomic E-state index is 12.5. The lowest BCUT2D eigenvalue weighted by molar-refractivity contribution is -0.123. The van der Waals surface area contributed by atoms with Crippen LogP contribution in [0.1, 0.15) is 38.8 Å². The van der Waals surface area contributed by atoms with E-state index in [1.54, 1.807) is 6.20 Å². The molecule has 102 valence electrons. The van der Waals surface area contributed by atoms with Crippen molar-refractivity contribution in [2.75, 3.05) is 18.4 Å². The van der Waals surface area contributed by atoms with Gasteiger partial charge in [-0.1, -0.05) is 6.92 Å². The SMILES string of the molecule is CCC(C)N1CCC[C@]2(C1)C(=O)Nc1cccnc12. The van der Waals surface area contributed by atoms with Crippen molar-refractivity contribution in [3.05, 3.63) is 24.0 Å². The van der Waals surface area contributed by atoms with Crippen LogP contribution in [0.15, 0.2) is 18.3 Å². The molecule has 0 saturated carbocycles. The topological polar surface area (TPSA) is 45.2 Å². The number of likely N-dealkylation sites (tertiary alicyclic amines) is 1. The van der Waals surface area contributed by atoms with Gasteiger partial charge in [-0.25, -0.2) is 0 Å². The summed E-state index contributed by atoms with van der Waals surface area (Å²) in [5.41, 5.74) is 1.43. The van der Waals surface area contributed by atoms with Crippen LogP contribution < -0.4 is 5.32 Å². The fourth-order valence-corrected chi connectivity index (χ4v) is 3.34. The van der Waals surface area contributed by atoms with E-state index in [0.717, 1.165) is 43.7 Å². The lowest BCUT2D eigenvalue weighted by Crippen LogP contribution is -2.52. The number of pyridine rings is 1. The van der Waals surface area contributed by atoms with Gasteiger partial charge in [0.1, 0.15) is 5.41 Å². The van der Waals surface area contributed by atoms with Gasteiger partial charge in [-0.3, -0.25) is 14.7 Å². The minimum absolute atomic E-state index is 0.134. The largest absolute Gasteiger partial charge is 0.324 e. The molecule has 1 spiro atoms. The zero-order chi connectivity index (χ0) is 13.5. The summed E-state index contributed by atoms with van der Waals surface area (Å²) < 4.78 is 0. The lowest BCUT2D eigenvalue weighted by atomic mass is 9.77. The van der Waals surface area contributed by atoms with Crippen LogP contribution in [-0.2, 0) is 10.2 Å². The van der Waals surface area contributed by atoms with Gasteiger partial charge in [0.05, 0.1) is 11.4 Å². The van der Waals surface area contributed by atoms with Gasteiger partial charge in [-0.05, 0) is 44.9 Å². The Hall–Kier alpha value is -1.42. The van der Waals surface area contributed by atoms with Gasteiger partial charge in [0, 0.05) is 18.8 Å². The van der Waals surface area contributed by atoms with E-state index in [1.165, 1.54) is 0 Å². The predicted molar refractivity (Wildman–Crippen MR) is 75.1 cm³/mol. The van der Waals surface area contributed by atoms with Gasteiger partial charge in [0.15, 0.2) is 0 Å². The van der Waals surface area contributed by atoms with Gasteiger partial charge in [0.2, 0.25) is 5.91 Å². The minimum atomic E-state index is -0.418. The van der Waals surface area contributed by atoms with Crippen molar-refractivity contribution in [3.8, 4) is 0 Å². The van der Waals surface area contributed by atoms with Crippen LogP contribution in [0.4, 0.5) is 5.69 Å². The molecule has 1 saturated heterocycles. The van der Waals surface area contributed by atoms with E-state index in [0.29, 0.717) is 6.04 Å². The number of anilines is 1. The first-order valence-corrected chi connectivity index (χ1v) is 7.18. The standard InChI is InChI=1S/C15H21N3O/c1-3-11(2)18-9-5-7-15(10-18)13-12(17-14(15)19)6-4-8-16-13/h4,6,8,11H,3,5,7,9-10H2,1-2H3,(H,17,19)/t11?,15-/m1/s1. The summed E-state index contributed by atoms with van der Waals surface area (Å²) in [6.45, 7) is 6.34. The van der Waals surface area contributed by atoms with E-state index >= 15 is 0 Å². The number of rotatable bonds is 2. The molecule has 3 heterocycles. The second-order valence-corrected chi connectivity index (χ2v) is 5.77. The molecule has 19 heavy (non-hydrogen) atoms. The predicted octanol–water partition coefficient (Wildman–Crippen LogP) is 2.17. The van der Waals surface area contributed by atoms with Gasteiger partial charge in [-0.2, -0.15) is 0 Å². The summed E-state index contributed by atoms with van der Waals surface area (Å²) in [7, 11) is 0. The molecular formula is C15H21N3O. The Bertz CT molecular complexity index is 502. The Balaban J connectivity index is 1.96. The summed E-state index contributed by atoms with van der Waals surface area (Å²) in [5, 5.41) is 3.01. The highest BCUT2D eigenvalue weighted by Crippen LogP contribution is 2.42. The van der Waals surface area contributed by atoms with Gasteiger partial charge in [0.25, 0.3) is 0 Å². The van der Waals surface area contributed by atoms with E-state index in [9.17, 15) is 4.79 Å². The molecule has 2 aliphatic rings. The van der Waals surface area contributed by atoms with Crippen LogP contribution >= 0.6 is 0 Å². The molecule has 2 atom stereocenters. The van der Waals surface area contributed by atoms with Crippen molar-refractivity contribution in [2.24, 2.45) is 0 Å². The number of hydrogen-bond acceptors (Lipinski definition) is 3. The lowest BCUT2D eigenvalue weighted by Gasteiger charge is -2.41. The number of hydrogen-bond donors (Lipinski definition) is 1. The normalized spacial score (nSPS) is 28.2. The molecule has 1 aromatic rings. The average molecular weight is 259 g/mol. The third-order valence-electron chi connectivity index (χ3n) is 4.68. The molecule has 1 aromatic heterocycles. The third kappa shape index (κ3) is 1.86. The Morgan fingerprint density at radius 3 is 3.21 bits per heavy atom. The molecule has 4 heteroatoms. The van der Waals surface area contributed by atoms with E-state index in [-0.39, 0.29) is 5.91 Å². The van der Waals surface area contributed by atoms with Gasteiger partial charge < -0.3 is 5.32 Å². The van der Waals surface area contributed by atoms with Crippen LogP contribution in [0.5, 0.6) is 0 Å². The monoisotopic (exact) mass is 259 g/mol. The first-order chi connectivity index (χ1) is 9.17. The fraction of sp³-hybridized carbons (Fsp3) is 0.600. The van der Waals surface area contributed by atoms with Crippen LogP contribution in [0.25, 0.3) is 0 Å². The molecule has 0 aromatic carbocycles. The van der Waals surface area contributed by atoms with Crippen LogP contribution in [-0.4, -0.2) is 34.9 Å². The van der Waals surface area contributed by atoms with E-state index in [4.69, 9.17) is 0 Å². The van der Waals surface area contributed by atoms with E-state index in [1.807, 2.05) is 12.1 Å². The zero-order valence-electron chi connectivity index (χ0n) is 11.6. The molecule has 2 aliphatic heterocycles. The second kappa shape index (κ2) is 4.60. The maximum absolute atomic E-state index is 12.5. The number of fused-ring (bicyclic) bond motifs is 2. The summed E-state index contributed by atoms with van der Waals surface area (Å²) in [6, 6.07) is 4.36. The summed E-state index contributed by atoms with van der Waals surface area (Å²) >= 11 is 0. The Labute approximate surface area is 114 Å². The minimum Gasteiger partial charge on any atom is -0.324 e. The molecule has 1 fully saturated rings. The van der Waals surface area contributed by atoms with Crippen molar-refractivity contribution in [1.82, 2.24) is 9.88 Å². The number of piperidine rings is 1. The van der Waals surface area contributed by atoms with Crippen LogP contribution in [0.3, 0.4) is 0 Å². The van der Waals surface area contributed by atoms with Crippen LogP contribution in [0.2, 0.25) is 0 Å². The summed E-state index contributed by atoms with van der Waals surface area (Å²) in [4.78, 5) is 19.4. The number of aromatic nitrogens is 1. The molecule has 4 nitrogen and oxygen atoms in total. The Kier molecular flexibility index (Phi) is 3.05. The van der Waals surface area contributed by atoms with Crippen molar-refractivity contribution >= 4 is 11.6 Å². The van der Waals surface area contributed by atoms with Crippen molar-refractivity contribution in [2.45, 2.75) is 44.6 Å². The Morgan fingerprint density at radius 2 is 2.42 bits per heavy atom. The number of carbonyl (C=O) groups excluding carboxylic acids is 1. The summed E-state index contributed by atoms with van der Waals surface area (Å²) in [5.74, 6) is 0.134. The highest BCUT2D eigenvalue weighted by molar-refractivity contribution is 6.05. The van der Waals surface area contributed by atoms with E-state index in [2.05, 4.69) is 29.0 Å². The van der Waals surface area contributed by atoms with Crippen molar-refractivity contribution in [1.29, 1.82) is 0 Å². The quantitative estimate of drug-likeness (QED) is 0.885. The smallest absolute Gasteiger partial charge is 0.238 e. The molecule has 0 radical (unpaired) electrons. The Morgan fingerprint density at radius 1 is 1.58 bits per heavy atom. The third-order valence-corrected chi connectivity index (χ3v) is 4.68. The first kappa shape index (κ1) is 12.6. The molecule has 1 N–H and O–H groups in total. The maximum Gasteiger partial charge on any atom is 0.238 e. The second-order valence-electron chi connectivity index (χ2n) is 5.77. The molecular weight excluding hydrogens is 238 g/mol. The molecule has 0 aliphatic carbocycles. The molecule has 0 bridgehead atoms. The highest BCUT2D eigenvalue weighted by Gasteiger charge is 2.50. The van der Waals surface area contributed by atoms with Crippen molar-refractivity contribution in [3.63, 3.8) is 0 Å². The number of nitrogens with one attached hydrogen (secondary N) is 1. The molecule has 1 unspecified atom stereocenters. The summed E-state index contributed by atoms with van der Waals surface area (Å²) in [6.07, 6.45) is 4.89. The average Bonchev–Trinajstić information content (AvgIpc) is 2.71. The fourth-order valence-electron chi connectivity index (χ4n) is 3.34. The molecule has 1 amide bonds. The van der Waals surface area contributed by atoms with Crippen molar-refractivity contribution < 1.29 is 4.79 Å². The van der Waals surface area contributed by atoms with Gasteiger partial charge in [-0.15, -0.1) is 0 Å². The van der Waals surface area contributed by atoms with E-state index < -0.39 is 5.41 Å². The zero-order valence-corrected chi connectivity index (χ0v) is 11.6.